The van der Waals surface area contributed by atoms with Crippen LogP contribution >= 0.6 is 0 Å². The SMILES string of the molecule is Cc1cccc(C(=O)NCCCNc2ccc(C(F)(F)F)cn2)c1. The zero-order valence-corrected chi connectivity index (χ0v) is 13.2. The molecule has 24 heavy (non-hydrogen) atoms. The molecule has 0 bridgehead atoms. The molecule has 0 aliphatic carbocycles. The number of anilines is 1. The minimum atomic E-state index is -4.38. The number of aromatic nitrogens is 1. The molecule has 0 radical (unpaired) electrons. The first-order valence-corrected chi connectivity index (χ1v) is 7.48. The minimum Gasteiger partial charge on any atom is -0.370 e. The van der Waals surface area contributed by atoms with Gasteiger partial charge in [0.25, 0.3) is 5.91 Å². The summed E-state index contributed by atoms with van der Waals surface area (Å²) in [6, 6.07) is 9.55. The summed E-state index contributed by atoms with van der Waals surface area (Å²) in [5.74, 6) is 0.222. The van der Waals surface area contributed by atoms with Gasteiger partial charge in [0.15, 0.2) is 0 Å². The molecule has 1 heterocycles. The molecule has 0 aliphatic rings. The van der Waals surface area contributed by atoms with Crippen molar-refractivity contribution < 1.29 is 18.0 Å². The molecule has 0 saturated heterocycles. The smallest absolute Gasteiger partial charge is 0.370 e. The number of hydrogen-bond donors (Lipinski definition) is 2. The minimum absolute atomic E-state index is 0.147. The van der Waals surface area contributed by atoms with Gasteiger partial charge in [0.1, 0.15) is 5.82 Å². The van der Waals surface area contributed by atoms with Crippen LogP contribution in [0.1, 0.15) is 27.9 Å². The highest BCUT2D eigenvalue weighted by atomic mass is 19.4. The van der Waals surface area contributed by atoms with Crippen LogP contribution in [0.4, 0.5) is 19.0 Å². The van der Waals surface area contributed by atoms with Gasteiger partial charge in [0.05, 0.1) is 5.56 Å². The van der Waals surface area contributed by atoms with Gasteiger partial charge >= 0.3 is 6.18 Å². The van der Waals surface area contributed by atoms with Gasteiger partial charge in [-0.15, -0.1) is 0 Å². The predicted molar refractivity (Wildman–Crippen MR) is 85.9 cm³/mol. The first-order valence-electron chi connectivity index (χ1n) is 7.48. The van der Waals surface area contributed by atoms with Crippen molar-refractivity contribution in [2.45, 2.75) is 19.5 Å². The topological polar surface area (TPSA) is 54.0 Å². The summed E-state index contributed by atoms with van der Waals surface area (Å²) in [4.78, 5) is 15.6. The number of benzene rings is 1. The van der Waals surface area contributed by atoms with Gasteiger partial charge in [-0.2, -0.15) is 13.2 Å². The third-order valence-electron chi connectivity index (χ3n) is 3.32. The average molecular weight is 337 g/mol. The Morgan fingerprint density at radius 3 is 2.58 bits per heavy atom. The van der Waals surface area contributed by atoms with Crippen LogP contribution in [0.5, 0.6) is 0 Å². The predicted octanol–water partition coefficient (Wildman–Crippen LogP) is 3.64. The molecule has 2 N–H and O–H groups in total. The monoisotopic (exact) mass is 337 g/mol. The van der Waals surface area contributed by atoms with Gasteiger partial charge in [-0.3, -0.25) is 4.79 Å². The van der Waals surface area contributed by atoms with Crippen molar-refractivity contribution in [3.05, 3.63) is 59.3 Å². The summed E-state index contributed by atoms with van der Waals surface area (Å²) in [6.45, 7) is 2.87. The van der Waals surface area contributed by atoms with Crippen LogP contribution in [0.2, 0.25) is 0 Å². The number of alkyl halides is 3. The van der Waals surface area contributed by atoms with E-state index in [1.165, 1.54) is 6.07 Å². The number of aryl methyl sites for hydroxylation is 1. The number of carbonyl (C=O) groups is 1. The van der Waals surface area contributed by atoms with E-state index in [1.807, 2.05) is 19.1 Å². The summed E-state index contributed by atoms with van der Waals surface area (Å²) in [6.07, 6.45) is -2.96. The highest BCUT2D eigenvalue weighted by Crippen LogP contribution is 2.28. The van der Waals surface area contributed by atoms with E-state index < -0.39 is 11.7 Å². The van der Waals surface area contributed by atoms with Crippen LogP contribution in [-0.4, -0.2) is 24.0 Å². The molecule has 1 aromatic carbocycles. The number of amides is 1. The lowest BCUT2D eigenvalue weighted by molar-refractivity contribution is -0.137. The first-order chi connectivity index (χ1) is 11.4. The maximum absolute atomic E-state index is 12.4. The summed E-state index contributed by atoms with van der Waals surface area (Å²) < 4.78 is 37.2. The van der Waals surface area contributed by atoms with Crippen LogP contribution in [0.15, 0.2) is 42.6 Å². The lowest BCUT2D eigenvalue weighted by Crippen LogP contribution is -2.25. The second-order valence-electron chi connectivity index (χ2n) is 5.34. The lowest BCUT2D eigenvalue weighted by Gasteiger charge is -2.09. The number of nitrogens with one attached hydrogen (secondary N) is 2. The van der Waals surface area contributed by atoms with Gasteiger partial charge in [0, 0.05) is 24.8 Å². The third kappa shape index (κ3) is 5.26. The summed E-state index contributed by atoms with van der Waals surface area (Å²) in [7, 11) is 0. The number of halogens is 3. The molecule has 0 unspecified atom stereocenters. The summed E-state index contributed by atoms with van der Waals surface area (Å²) >= 11 is 0. The van der Waals surface area contributed by atoms with Crippen molar-refractivity contribution in [2.75, 3.05) is 18.4 Å². The summed E-state index contributed by atoms with van der Waals surface area (Å²) in [5.41, 5.74) is 0.837. The van der Waals surface area contributed by atoms with Gasteiger partial charge < -0.3 is 10.6 Å². The van der Waals surface area contributed by atoms with Crippen LogP contribution in [0.25, 0.3) is 0 Å². The van der Waals surface area contributed by atoms with Gasteiger partial charge in [-0.05, 0) is 37.6 Å². The van der Waals surface area contributed by atoms with Crippen molar-refractivity contribution in [3.8, 4) is 0 Å². The second-order valence-corrected chi connectivity index (χ2v) is 5.34. The maximum Gasteiger partial charge on any atom is 0.417 e. The molecular weight excluding hydrogens is 319 g/mol. The van der Waals surface area contributed by atoms with E-state index in [1.54, 1.807) is 12.1 Å². The van der Waals surface area contributed by atoms with Gasteiger partial charge in [-0.25, -0.2) is 4.98 Å². The molecule has 0 saturated carbocycles. The molecule has 2 aromatic rings. The Bertz CT molecular complexity index is 684. The number of pyridine rings is 1. The van der Waals surface area contributed by atoms with E-state index in [2.05, 4.69) is 15.6 Å². The molecule has 0 aliphatic heterocycles. The highest BCUT2D eigenvalue weighted by Gasteiger charge is 2.30. The Balaban J connectivity index is 1.70. The molecule has 0 fully saturated rings. The first kappa shape index (κ1) is 17.8. The molecular formula is C17H18F3N3O. The number of hydrogen-bond acceptors (Lipinski definition) is 3. The van der Waals surface area contributed by atoms with Crippen LogP contribution < -0.4 is 10.6 Å². The van der Waals surface area contributed by atoms with Crippen molar-refractivity contribution in [1.29, 1.82) is 0 Å². The zero-order valence-electron chi connectivity index (χ0n) is 13.2. The quantitative estimate of drug-likeness (QED) is 0.791. The normalized spacial score (nSPS) is 11.2. The van der Waals surface area contributed by atoms with E-state index in [9.17, 15) is 18.0 Å². The largest absolute Gasteiger partial charge is 0.417 e. The number of nitrogens with zero attached hydrogens (tertiary/aromatic N) is 1. The van der Waals surface area contributed by atoms with Crippen LogP contribution in [-0.2, 0) is 6.18 Å². The molecule has 1 aromatic heterocycles. The highest BCUT2D eigenvalue weighted by molar-refractivity contribution is 5.94. The zero-order chi connectivity index (χ0) is 17.6. The van der Waals surface area contributed by atoms with Gasteiger partial charge in [0.2, 0.25) is 0 Å². The van der Waals surface area contributed by atoms with Crippen LogP contribution in [0, 0.1) is 6.92 Å². The third-order valence-corrected chi connectivity index (χ3v) is 3.32. The van der Waals surface area contributed by atoms with Crippen molar-refractivity contribution in [2.24, 2.45) is 0 Å². The lowest BCUT2D eigenvalue weighted by atomic mass is 10.1. The summed E-state index contributed by atoms with van der Waals surface area (Å²) in [5, 5.41) is 5.71. The fourth-order valence-electron chi connectivity index (χ4n) is 2.06. The van der Waals surface area contributed by atoms with Gasteiger partial charge in [-0.1, -0.05) is 17.7 Å². The Morgan fingerprint density at radius 2 is 1.96 bits per heavy atom. The fourth-order valence-corrected chi connectivity index (χ4v) is 2.06. The van der Waals surface area contributed by atoms with E-state index >= 15 is 0 Å². The standard InChI is InChI=1S/C17H18F3N3O/c1-12-4-2-5-13(10-12)16(24)22-9-3-8-21-15-7-6-14(11-23-15)17(18,19)20/h2,4-7,10-11H,3,8-9H2,1H3,(H,21,23)(H,22,24). The van der Waals surface area contributed by atoms with Crippen molar-refractivity contribution in [1.82, 2.24) is 10.3 Å². The van der Waals surface area contributed by atoms with Crippen LogP contribution in [0.3, 0.4) is 0 Å². The van der Waals surface area contributed by atoms with Crippen molar-refractivity contribution >= 4 is 11.7 Å². The van der Waals surface area contributed by atoms with E-state index in [-0.39, 0.29) is 5.91 Å². The molecule has 1 amide bonds. The maximum atomic E-state index is 12.4. The molecule has 7 heteroatoms. The Hall–Kier alpha value is -2.57. The average Bonchev–Trinajstić information content (AvgIpc) is 2.54. The molecule has 4 nitrogen and oxygen atoms in total. The number of rotatable bonds is 6. The Morgan fingerprint density at radius 1 is 1.17 bits per heavy atom. The van der Waals surface area contributed by atoms with E-state index in [4.69, 9.17) is 0 Å². The second kappa shape index (κ2) is 7.81. The van der Waals surface area contributed by atoms with E-state index in [0.29, 0.717) is 30.9 Å². The van der Waals surface area contributed by atoms with E-state index in [0.717, 1.165) is 17.8 Å². The number of carbonyl (C=O) groups excluding carboxylic acids is 1. The Kier molecular flexibility index (Phi) is 5.78. The molecule has 128 valence electrons. The molecule has 2 rings (SSSR count). The fraction of sp³-hybridized carbons (Fsp3) is 0.294. The van der Waals surface area contributed by atoms with Crippen molar-refractivity contribution in [3.63, 3.8) is 0 Å². The molecule has 0 spiro atoms. The molecule has 0 atom stereocenters. The Labute approximate surface area is 138 Å².